The first kappa shape index (κ1) is 11.6. The largest absolute Gasteiger partial charge is 0.331 e. The highest BCUT2D eigenvalue weighted by atomic mass is 79.9. The fourth-order valence-electron chi connectivity index (χ4n) is 0.853. The quantitative estimate of drug-likeness (QED) is 0.445. The summed E-state index contributed by atoms with van der Waals surface area (Å²) in [5.41, 5.74) is 5.47. The van der Waals surface area contributed by atoms with E-state index in [-0.39, 0.29) is 5.78 Å². The van der Waals surface area contributed by atoms with Crippen molar-refractivity contribution in [2.24, 2.45) is 0 Å². The van der Waals surface area contributed by atoms with E-state index in [9.17, 15) is 4.79 Å². The zero-order valence-electron chi connectivity index (χ0n) is 7.56. The molecule has 0 rings (SSSR count). The van der Waals surface area contributed by atoms with E-state index in [2.05, 4.69) is 21.7 Å². The molecule has 0 saturated heterocycles. The number of halogens is 1. The van der Waals surface area contributed by atoms with Crippen LogP contribution in [0.15, 0.2) is 23.4 Å². The molecule has 12 heavy (non-hydrogen) atoms. The lowest BCUT2D eigenvalue weighted by Crippen LogP contribution is -2.39. The van der Waals surface area contributed by atoms with Gasteiger partial charge in [-0.15, -0.1) is 0 Å². The fourth-order valence-corrected chi connectivity index (χ4v) is 1.16. The molecule has 0 aromatic heterocycles. The highest BCUT2D eigenvalue weighted by Gasteiger charge is 2.07. The van der Waals surface area contributed by atoms with Crippen molar-refractivity contribution in [3.8, 4) is 0 Å². The van der Waals surface area contributed by atoms with E-state index in [4.69, 9.17) is 0 Å². The first-order valence-electron chi connectivity index (χ1n) is 3.92. The average molecular weight is 233 g/mol. The predicted molar refractivity (Wildman–Crippen MR) is 53.8 cm³/mol. The summed E-state index contributed by atoms with van der Waals surface area (Å²) in [5, 5.41) is 0.379. The molecule has 0 spiro atoms. The SMILES string of the molecule is CC/C(C)=C(/C=C\[NH3+])C(=O)CBr. The van der Waals surface area contributed by atoms with Crippen molar-refractivity contribution in [3.05, 3.63) is 23.4 Å². The molecule has 0 saturated carbocycles. The summed E-state index contributed by atoms with van der Waals surface area (Å²) in [6.45, 7) is 4.00. The van der Waals surface area contributed by atoms with Gasteiger partial charge >= 0.3 is 0 Å². The molecule has 0 fully saturated rings. The molecule has 68 valence electrons. The number of alkyl halides is 1. The minimum absolute atomic E-state index is 0.120. The first-order chi connectivity index (χ1) is 5.67. The van der Waals surface area contributed by atoms with Gasteiger partial charge in [0, 0.05) is 11.6 Å². The summed E-state index contributed by atoms with van der Waals surface area (Å²) in [4.78, 5) is 11.3. The van der Waals surface area contributed by atoms with Crippen LogP contribution in [0.4, 0.5) is 0 Å². The third-order valence-electron chi connectivity index (χ3n) is 1.70. The van der Waals surface area contributed by atoms with E-state index in [1.807, 2.05) is 13.8 Å². The van der Waals surface area contributed by atoms with Crippen molar-refractivity contribution in [2.45, 2.75) is 20.3 Å². The average Bonchev–Trinajstić information content (AvgIpc) is 2.11. The summed E-state index contributed by atoms with van der Waals surface area (Å²) in [6.07, 6.45) is 4.32. The standard InChI is InChI=1S/C9H14BrNO/c1-3-7(2)8(4-5-11)9(12)6-10/h4-5H,3,6,11H2,1-2H3/p+1/b5-4-,8-7-. The molecule has 0 amide bonds. The topological polar surface area (TPSA) is 44.7 Å². The fraction of sp³-hybridized carbons (Fsp3) is 0.444. The van der Waals surface area contributed by atoms with Crippen molar-refractivity contribution < 1.29 is 10.5 Å². The molecule has 0 aromatic rings. The Morgan fingerprint density at radius 2 is 2.17 bits per heavy atom. The highest BCUT2D eigenvalue weighted by Crippen LogP contribution is 2.11. The maximum Gasteiger partial charge on any atom is 0.173 e. The second-order valence-corrected chi connectivity index (χ2v) is 3.07. The number of allylic oxidation sites excluding steroid dienone is 3. The van der Waals surface area contributed by atoms with E-state index in [0.29, 0.717) is 5.33 Å². The summed E-state index contributed by atoms with van der Waals surface area (Å²) >= 11 is 3.14. The van der Waals surface area contributed by atoms with Crippen molar-refractivity contribution in [1.82, 2.24) is 0 Å². The van der Waals surface area contributed by atoms with Crippen LogP contribution < -0.4 is 5.73 Å². The molecule has 3 heteroatoms. The van der Waals surface area contributed by atoms with E-state index in [1.165, 1.54) is 0 Å². The normalized spacial score (nSPS) is 13.3. The smallest absolute Gasteiger partial charge is 0.173 e. The lowest BCUT2D eigenvalue weighted by molar-refractivity contribution is -0.274. The van der Waals surface area contributed by atoms with E-state index < -0.39 is 0 Å². The van der Waals surface area contributed by atoms with Gasteiger partial charge < -0.3 is 5.73 Å². The van der Waals surface area contributed by atoms with E-state index >= 15 is 0 Å². The summed E-state index contributed by atoms with van der Waals surface area (Å²) in [5.74, 6) is 0.120. The van der Waals surface area contributed by atoms with Gasteiger partial charge in [-0.25, -0.2) is 0 Å². The zero-order chi connectivity index (χ0) is 9.56. The number of Topliss-reactive ketones (excluding diaryl/α,β-unsaturated/α-hetero) is 1. The number of ketones is 1. The second kappa shape index (κ2) is 6.14. The monoisotopic (exact) mass is 232 g/mol. The van der Waals surface area contributed by atoms with Gasteiger partial charge in [0.2, 0.25) is 0 Å². The minimum Gasteiger partial charge on any atom is -0.331 e. The first-order valence-corrected chi connectivity index (χ1v) is 5.04. The lowest BCUT2D eigenvalue weighted by Gasteiger charge is -2.01. The van der Waals surface area contributed by atoms with Crippen LogP contribution in [0.25, 0.3) is 0 Å². The van der Waals surface area contributed by atoms with Crippen LogP contribution in [-0.4, -0.2) is 11.1 Å². The zero-order valence-corrected chi connectivity index (χ0v) is 9.15. The Morgan fingerprint density at radius 1 is 1.58 bits per heavy atom. The molecule has 0 aliphatic rings. The molecule has 0 aliphatic heterocycles. The molecule has 2 nitrogen and oxygen atoms in total. The Hall–Kier alpha value is -0.410. The Morgan fingerprint density at radius 3 is 2.50 bits per heavy atom. The molecule has 0 bridgehead atoms. The molecule has 0 atom stereocenters. The van der Waals surface area contributed by atoms with Crippen LogP contribution >= 0.6 is 15.9 Å². The van der Waals surface area contributed by atoms with Gasteiger partial charge in [-0.2, -0.15) is 0 Å². The Bertz CT molecular complexity index is 219. The Balaban J connectivity index is 4.77. The van der Waals surface area contributed by atoms with Crippen molar-refractivity contribution in [1.29, 1.82) is 0 Å². The van der Waals surface area contributed by atoms with Gasteiger partial charge in [0.05, 0.1) is 11.5 Å². The van der Waals surface area contributed by atoms with Crippen LogP contribution in [0.5, 0.6) is 0 Å². The number of hydrogen-bond donors (Lipinski definition) is 1. The number of carbonyl (C=O) groups excluding carboxylic acids is 1. The summed E-state index contributed by atoms with van der Waals surface area (Å²) < 4.78 is 0. The molecule has 0 unspecified atom stereocenters. The van der Waals surface area contributed by atoms with E-state index in [1.54, 1.807) is 12.3 Å². The molecule has 0 aliphatic carbocycles. The molecule has 3 N–H and O–H groups in total. The molecular formula is C9H15BrNO+. The summed E-state index contributed by atoms with van der Waals surface area (Å²) in [7, 11) is 0. The third-order valence-corrected chi connectivity index (χ3v) is 2.21. The van der Waals surface area contributed by atoms with Gasteiger partial charge in [0.25, 0.3) is 0 Å². The molecule has 0 radical (unpaired) electrons. The van der Waals surface area contributed by atoms with Crippen LogP contribution in [0.3, 0.4) is 0 Å². The number of carbonyl (C=O) groups is 1. The van der Waals surface area contributed by atoms with Gasteiger partial charge in [-0.1, -0.05) is 28.4 Å². The predicted octanol–water partition coefficient (Wildman–Crippen LogP) is 1.43. The minimum atomic E-state index is 0.120. The van der Waals surface area contributed by atoms with Gasteiger partial charge in [-0.05, 0) is 13.3 Å². The van der Waals surface area contributed by atoms with Crippen LogP contribution in [-0.2, 0) is 4.79 Å². The third kappa shape index (κ3) is 3.32. The summed E-state index contributed by atoms with van der Waals surface area (Å²) in [6, 6.07) is 0. The Kier molecular flexibility index (Phi) is 5.93. The van der Waals surface area contributed by atoms with Gasteiger partial charge in [0.15, 0.2) is 5.78 Å². The Labute approximate surface area is 81.6 Å². The van der Waals surface area contributed by atoms with Gasteiger partial charge in [0.1, 0.15) is 0 Å². The van der Waals surface area contributed by atoms with E-state index in [0.717, 1.165) is 17.6 Å². The number of rotatable bonds is 4. The van der Waals surface area contributed by atoms with Crippen LogP contribution in [0, 0.1) is 0 Å². The van der Waals surface area contributed by atoms with Gasteiger partial charge in [-0.3, -0.25) is 4.79 Å². The molecule has 0 heterocycles. The number of hydrogen-bond acceptors (Lipinski definition) is 1. The van der Waals surface area contributed by atoms with Crippen molar-refractivity contribution >= 4 is 21.7 Å². The molecule has 0 aromatic carbocycles. The highest BCUT2D eigenvalue weighted by molar-refractivity contribution is 9.09. The number of quaternary nitrogens is 1. The maximum atomic E-state index is 11.3. The second-order valence-electron chi connectivity index (χ2n) is 2.51. The van der Waals surface area contributed by atoms with Crippen molar-refractivity contribution in [3.63, 3.8) is 0 Å². The van der Waals surface area contributed by atoms with Crippen molar-refractivity contribution in [2.75, 3.05) is 5.33 Å². The lowest BCUT2D eigenvalue weighted by atomic mass is 10.0. The maximum absolute atomic E-state index is 11.3. The molecular weight excluding hydrogens is 218 g/mol. The van der Waals surface area contributed by atoms with Crippen LogP contribution in [0.1, 0.15) is 20.3 Å². The van der Waals surface area contributed by atoms with Crippen LogP contribution in [0.2, 0.25) is 0 Å².